The molecule has 0 saturated carbocycles. The fourth-order valence-electron chi connectivity index (χ4n) is 1.09. The lowest BCUT2D eigenvalue weighted by atomic mass is 10.2. The van der Waals surface area contributed by atoms with Crippen LogP contribution in [0.2, 0.25) is 0 Å². The van der Waals surface area contributed by atoms with Crippen LogP contribution in [0.5, 0.6) is 0 Å². The van der Waals surface area contributed by atoms with E-state index in [0.717, 1.165) is 9.92 Å². The summed E-state index contributed by atoms with van der Waals surface area (Å²) in [4.78, 5) is 9.12. The van der Waals surface area contributed by atoms with Crippen molar-refractivity contribution in [3.63, 3.8) is 0 Å². The molecule has 0 radical (unpaired) electrons. The van der Waals surface area contributed by atoms with Gasteiger partial charge >= 0.3 is 0 Å². The minimum Gasteiger partial charge on any atom is -0.260 e. The van der Waals surface area contributed by atoms with Crippen molar-refractivity contribution in [3.05, 3.63) is 48.4 Å². The first-order valence-corrected chi connectivity index (χ1v) is 5.14. The van der Waals surface area contributed by atoms with E-state index >= 15 is 0 Å². The minimum absolute atomic E-state index is 0.656. The molecule has 0 bridgehead atoms. The molecule has 0 spiro atoms. The highest BCUT2D eigenvalue weighted by Crippen LogP contribution is 2.25. The van der Waals surface area contributed by atoms with Crippen molar-refractivity contribution >= 4 is 11.8 Å². The van der Waals surface area contributed by atoms with Gasteiger partial charge in [-0.2, -0.15) is 5.26 Å². The highest BCUT2D eigenvalue weighted by Gasteiger charge is 1.99. The van der Waals surface area contributed by atoms with Crippen molar-refractivity contribution in [2.24, 2.45) is 0 Å². The van der Waals surface area contributed by atoms with Crippen LogP contribution in [0.25, 0.3) is 0 Å². The first-order valence-electron chi connectivity index (χ1n) is 4.32. The zero-order chi connectivity index (χ0) is 10.5. The lowest BCUT2D eigenvalue weighted by Crippen LogP contribution is -1.81. The van der Waals surface area contributed by atoms with Crippen LogP contribution in [0, 0.1) is 11.3 Å². The molecule has 0 unspecified atom stereocenters. The van der Waals surface area contributed by atoms with Crippen molar-refractivity contribution in [1.82, 2.24) is 9.97 Å². The number of hydrogen-bond acceptors (Lipinski definition) is 4. The highest BCUT2D eigenvalue weighted by atomic mass is 32.2. The number of benzene rings is 1. The second-order valence-corrected chi connectivity index (χ2v) is 3.88. The molecule has 0 aliphatic rings. The summed E-state index contributed by atoms with van der Waals surface area (Å²) in [6, 6.07) is 9.52. The van der Waals surface area contributed by atoms with Gasteiger partial charge in [-0.1, -0.05) is 17.8 Å². The fraction of sp³-hybridized carbons (Fsp3) is 0. The average Bonchev–Trinajstić information content (AvgIpc) is 2.31. The smallest absolute Gasteiger partial charge is 0.119 e. The Labute approximate surface area is 91.8 Å². The summed E-state index contributed by atoms with van der Waals surface area (Å²) in [6.45, 7) is 0. The third-order valence-corrected chi connectivity index (χ3v) is 2.63. The molecule has 1 aromatic carbocycles. The Balaban J connectivity index is 2.22. The Morgan fingerprint density at radius 2 is 2.20 bits per heavy atom. The van der Waals surface area contributed by atoms with Gasteiger partial charge in [-0.3, -0.25) is 4.98 Å². The van der Waals surface area contributed by atoms with E-state index < -0.39 is 0 Å². The number of hydrogen-bond donors (Lipinski definition) is 0. The van der Waals surface area contributed by atoms with Gasteiger partial charge in [0.1, 0.15) is 5.03 Å². The van der Waals surface area contributed by atoms with Crippen LogP contribution in [0.3, 0.4) is 0 Å². The molecule has 0 amide bonds. The quantitative estimate of drug-likeness (QED) is 0.769. The molecule has 4 heteroatoms. The molecule has 0 N–H and O–H groups in total. The van der Waals surface area contributed by atoms with E-state index in [1.54, 1.807) is 24.7 Å². The van der Waals surface area contributed by atoms with E-state index in [1.807, 2.05) is 18.2 Å². The summed E-state index contributed by atoms with van der Waals surface area (Å²) in [5.41, 5.74) is 0.656. The lowest BCUT2D eigenvalue weighted by Gasteiger charge is -1.99. The first kappa shape index (κ1) is 9.69. The fourth-order valence-corrected chi connectivity index (χ4v) is 1.89. The summed E-state index contributed by atoms with van der Waals surface area (Å²) >= 11 is 1.49. The van der Waals surface area contributed by atoms with E-state index in [-0.39, 0.29) is 0 Å². The van der Waals surface area contributed by atoms with Crippen molar-refractivity contribution in [2.75, 3.05) is 0 Å². The van der Waals surface area contributed by atoms with E-state index in [9.17, 15) is 0 Å². The zero-order valence-corrected chi connectivity index (χ0v) is 8.61. The SMILES string of the molecule is N#Cc1cccc(Sc2cnccn2)c1. The lowest BCUT2D eigenvalue weighted by molar-refractivity contribution is 1.05. The van der Waals surface area contributed by atoms with E-state index in [1.165, 1.54) is 11.8 Å². The summed E-state index contributed by atoms with van der Waals surface area (Å²) in [7, 11) is 0. The molecule has 1 heterocycles. The molecule has 0 aliphatic carbocycles. The van der Waals surface area contributed by atoms with Gasteiger partial charge in [0.25, 0.3) is 0 Å². The Morgan fingerprint density at radius 3 is 2.93 bits per heavy atom. The molecule has 2 aromatic rings. The van der Waals surface area contributed by atoms with Crippen LogP contribution in [-0.2, 0) is 0 Å². The number of rotatable bonds is 2. The second kappa shape index (κ2) is 4.58. The molecule has 3 nitrogen and oxygen atoms in total. The van der Waals surface area contributed by atoms with Gasteiger partial charge in [0.2, 0.25) is 0 Å². The molecule has 72 valence electrons. The molecule has 0 aliphatic heterocycles. The van der Waals surface area contributed by atoms with Gasteiger partial charge in [0.05, 0.1) is 17.8 Å². The largest absolute Gasteiger partial charge is 0.260 e. The first-order chi connectivity index (χ1) is 7.38. The monoisotopic (exact) mass is 213 g/mol. The number of nitrogens with zero attached hydrogens (tertiary/aromatic N) is 3. The van der Waals surface area contributed by atoms with E-state index in [0.29, 0.717) is 5.56 Å². The molecule has 0 saturated heterocycles. The third kappa shape index (κ3) is 2.55. The molecular weight excluding hydrogens is 206 g/mol. The van der Waals surface area contributed by atoms with Crippen LogP contribution in [-0.4, -0.2) is 9.97 Å². The second-order valence-electron chi connectivity index (χ2n) is 2.79. The minimum atomic E-state index is 0.656. The van der Waals surface area contributed by atoms with Crippen molar-refractivity contribution in [2.45, 2.75) is 9.92 Å². The molecular formula is C11H7N3S. The maximum absolute atomic E-state index is 8.74. The maximum atomic E-state index is 8.74. The predicted molar refractivity (Wildman–Crippen MR) is 57.3 cm³/mol. The summed E-state index contributed by atoms with van der Waals surface area (Å²) < 4.78 is 0. The highest BCUT2D eigenvalue weighted by molar-refractivity contribution is 7.99. The van der Waals surface area contributed by atoms with Crippen molar-refractivity contribution in [3.8, 4) is 6.07 Å². The Morgan fingerprint density at radius 1 is 1.27 bits per heavy atom. The van der Waals surface area contributed by atoms with Gasteiger partial charge in [-0.25, -0.2) is 4.98 Å². The van der Waals surface area contributed by atoms with Gasteiger partial charge < -0.3 is 0 Å². The summed E-state index contributed by atoms with van der Waals surface area (Å²) in [6.07, 6.45) is 4.98. The third-order valence-electron chi connectivity index (χ3n) is 1.73. The molecule has 15 heavy (non-hydrogen) atoms. The van der Waals surface area contributed by atoms with Crippen LogP contribution >= 0.6 is 11.8 Å². The maximum Gasteiger partial charge on any atom is 0.119 e. The zero-order valence-electron chi connectivity index (χ0n) is 7.79. The van der Waals surface area contributed by atoms with Crippen LogP contribution in [0.15, 0.2) is 52.8 Å². The van der Waals surface area contributed by atoms with E-state index in [4.69, 9.17) is 5.26 Å². The molecule has 2 rings (SSSR count). The number of nitriles is 1. The summed E-state index contributed by atoms with van der Waals surface area (Å²) in [5.74, 6) is 0. The average molecular weight is 213 g/mol. The van der Waals surface area contributed by atoms with Gasteiger partial charge in [0, 0.05) is 17.3 Å². The van der Waals surface area contributed by atoms with Crippen LogP contribution < -0.4 is 0 Å². The van der Waals surface area contributed by atoms with Crippen LogP contribution in [0.1, 0.15) is 5.56 Å². The predicted octanol–water partition coefficient (Wildman–Crippen LogP) is 2.50. The van der Waals surface area contributed by atoms with E-state index in [2.05, 4.69) is 16.0 Å². The van der Waals surface area contributed by atoms with Crippen molar-refractivity contribution in [1.29, 1.82) is 5.26 Å². The van der Waals surface area contributed by atoms with Gasteiger partial charge in [0.15, 0.2) is 0 Å². The summed E-state index contributed by atoms with van der Waals surface area (Å²) in [5, 5.41) is 9.57. The Hall–Kier alpha value is -1.86. The van der Waals surface area contributed by atoms with Gasteiger partial charge in [-0.15, -0.1) is 0 Å². The van der Waals surface area contributed by atoms with Gasteiger partial charge in [-0.05, 0) is 18.2 Å². The van der Waals surface area contributed by atoms with Crippen LogP contribution in [0.4, 0.5) is 0 Å². The van der Waals surface area contributed by atoms with Crippen molar-refractivity contribution < 1.29 is 0 Å². The Kier molecular flexibility index (Phi) is 2.96. The normalized spacial score (nSPS) is 9.53. The topological polar surface area (TPSA) is 49.6 Å². The standard InChI is InChI=1S/C11H7N3S/c12-7-9-2-1-3-10(6-9)15-11-8-13-4-5-14-11/h1-6,8H. The molecule has 0 atom stereocenters. The molecule has 1 aromatic heterocycles. The number of aromatic nitrogens is 2. The molecule has 0 fully saturated rings. The Bertz CT molecular complexity index is 491.